The zero-order chi connectivity index (χ0) is 21.6. The summed E-state index contributed by atoms with van der Waals surface area (Å²) >= 11 is 0. The van der Waals surface area contributed by atoms with E-state index in [1.807, 2.05) is 13.8 Å². The lowest BCUT2D eigenvalue weighted by Crippen LogP contribution is -2.33. The first-order valence-corrected chi connectivity index (χ1v) is 8.84. The fraction of sp³-hybridized carbons (Fsp3) is 0.368. The molecule has 1 aromatic heterocycles. The lowest BCUT2D eigenvalue weighted by atomic mass is 10.1. The van der Waals surface area contributed by atoms with Crippen LogP contribution in [0.25, 0.3) is 0 Å². The molecule has 10 heteroatoms. The van der Waals surface area contributed by atoms with E-state index in [0.29, 0.717) is 25.5 Å². The number of hydrogen-bond donors (Lipinski definition) is 2. The Hall–Kier alpha value is -3.35. The second-order valence-electron chi connectivity index (χ2n) is 6.33. The topological polar surface area (TPSA) is 99.8 Å². The highest BCUT2D eigenvalue weighted by molar-refractivity contribution is 5.94. The second-order valence-corrected chi connectivity index (χ2v) is 6.33. The number of anilines is 1. The standard InChI is InChI=1S/C19H20F3N5O2/c1-11-13(12(2)27(26-11)9-3-8-23)4-7-16(28)24-10-17(29)25-15-6-5-14(20)18(21)19(15)22/h5-6H,3-4,7,9-10H2,1-2H3,(H,24,28)(H,25,29). The fourth-order valence-electron chi connectivity index (χ4n) is 2.79. The minimum Gasteiger partial charge on any atom is -0.347 e. The predicted octanol–water partition coefficient (Wildman–Crippen LogP) is 2.52. The normalized spacial score (nSPS) is 10.5. The third kappa shape index (κ3) is 5.57. The van der Waals surface area contributed by atoms with Crippen molar-refractivity contribution in [3.63, 3.8) is 0 Å². The van der Waals surface area contributed by atoms with Gasteiger partial charge < -0.3 is 10.6 Å². The van der Waals surface area contributed by atoms with Gasteiger partial charge in [-0.3, -0.25) is 14.3 Å². The number of nitrogens with one attached hydrogen (secondary N) is 2. The molecule has 0 aliphatic carbocycles. The van der Waals surface area contributed by atoms with Crippen LogP contribution in [0.1, 0.15) is 29.8 Å². The van der Waals surface area contributed by atoms with Crippen molar-refractivity contribution in [2.75, 3.05) is 11.9 Å². The van der Waals surface area contributed by atoms with Crippen LogP contribution in [-0.4, -0.2) is 28.1 Å². The molecule has 0 aliphatic rings. The van der Waals surface area contributed by atoms with Crippen molar-refractivity contribution in [1.82, 2.24) is 15.1 Å². The number of nitrogens with zero attached hydrogens (tertiary/aromatic N) is 3. The monoisotopic (exact) mass is 407 g/mol. The minimum atomic E-state index is -1.69. The number of carbonyl (C=O) groups excluding carboxylic acids is 2. The maximum atomic E-state index is 13.5. The van der Waals surface area contributed by atoms with Crippen LogP contribution in [0.3, 0.4) is 0 Å². The van der Waals surface area contributed by atoms with E-state index in [1.165, 1.54) is 0 Å². The Kier molecular flexibility index (Phi) is 7.36. The Balaban J connectivity index is 1.85. The van der Waals surface area contributed by atoms with Crippen LogP contribution in [0.4, 0.5) is 18.9 Å². The first kappa shape index (κ1) is 21.9. The van der Waals surface area contributed by atoms with E-state index in [9.17, 15) is 22.8 Å². The first-order valence-electron chi connectivity index (χ1n) is 8.84. The third-order valence-electron chi connectivity index (χ3n) is 4.32. The van der Waals surface area contributed by atoms with E-state index in [4.69, 9.17) is 5.26 Å². The molecule has 0 fully saturated rings. The average Bonchev–Trinajstić information content (AvgIpc) is 2.96. The number of benzene rings is 1. The highest BCUT2D eigenvalue weighted by Gasteiger charge is 2.16. The van der Waals surface area contributed by atoms with Crippen LogP contribution in [0, 0.1) is 42.6 Å². The van der Waals surface area contributed by atoms with Crippen molar-refractivity contribution in [1.29, 1.82) is 5.26 Å². The highest BCUT2D eigenvalue weighted by Crippen LogP contribution is 2.19. The Bertz CT molecular complexity index is 966. The Morgan fingerprint density at radius 3 is 2.59 bits per heavy atom. The second kappa shape index (κ2) is 9.73. The van der Waals surface area contributed by atoms with E-state index in [0.717, 1.165) is 23.0 Å². The molecular formula is C19H20F3N5O2. The van der Waals surface area contributed by atoms with Crippen LogP contribution < -0.4 is 10.6 Å². The Morgan fingerprint density at radius 1 is 1.17 bits per heavy atom. The summed E-state index contributed by atoms with van der Waals surface area (Å²) in [6, 6.07) is 3.63. The summed E-state index contributed by atoms with van der Waals surface area (Å²) in [7, 11) is 0. The van der Waals surface area contributed by atoms with Gasteiger partial charge in [-0.2, -0.15) is 10.4 Å². The zero-order valence-electron chi connectivity index (χ0n) is 16.0. The fourth-order valence-corrected chi connectivity index (χ4v) is 2.79. The molecule has 1 heterocycles. The maximum Gasteiger partial charge on any atom is 0.243 e. The van der Waals surface area contributed by atoms with Gasteiger partial charge >= 0.3 is 0 Å². The molecule has 0 aliphatic heterocycles. The largest absolute Gasteiger partial charge is 0.347 e. The van der Waals surface area contributed by atoms with Gasteiger partial charge in [-0.25, -0.2) is 13.2 Å². The zero-order valence-corrected chi connectivity index (χ0v) is 16.0. The van der Waals surface area contributed by atoms with Gasteiger partial charge in [0.05, 0.1) is 37.0 Å². The van der Waals surface area contributed by atoms with Crippen molar-refractivity contribution >= 4 is 17.5 Å². The lowest BCUT2D eigenvalue weighted by Gasteiger charge is -2.09. The van der Waals surface area contributed by atoms with Crippen LogP contribution in [0.15, 0.2) is 12.1 Å². The molecule has 0 unspecified atom stereocenters. The maximum absolute atomic E-state index is 13.5. The SMILES string of the molecule is Cc1nn(CCC#N)c(C)c1CCC(=O)NCC(=O)Nc1ccc(F)c(F)c1F. The molecule has 0 atom stereocenters. The molecule has 2 aromatic rings. The minimum absolute atomic E-state index is 0.0957. The number of rotatable bonds is 8. The number of aromatic nitrogens is 2. The summed E-state index contributed by atoms with van der Waals surface area (Å²) in [6.07, 6.45) is 0.823. The number of nitriles is 1. The number of hydrogen-bond acceptors (Lipinski definition) is 4. The van der Waals surface area contributed by atoms with E-state index >= 15 is 0 Å². The van der Waals surface area contributed by atoms with Crippen molar-refractivity contribution in [2.45, 2.75) is 39.7 Å². The van der Waals surface area contributed by atoms with Crippen molar-refractivity contribution in [3.8, 4) is 6.07 Å². The summed E-state index contributed by atoms with van der Waals surface area (Å²) in [5.41, 5.74) is 2.02. The summed E-state index contributed by atoms with van der Waals surface area (Å²) < 4.78 is 41.3. The number of amides is 2. The molecule has 2 amide bonds. The van der Waals surface area contributed by atoms with E-state index < -0.39 is 41.5 Å². The molecule has 29 heavy (non-hydrogen) atoms. The van der Waals surface area contributed by atoms with Gasteiger partial charge in [0.25, 0.3) is 0 Å². The molecule has 154 valence electrons. The smallest absolute Gasteiger partial charge is 0.243 e. The van der Waals surface area contributed by atoms with Gasteiger partial charge in [0.2, 0.25) is 11.8 Å². The van der Waals surface area contributed by atoms with Gasteiger partial charge in [-0.05, 0) is 38.0 Å². The molecule has 1 aromatic carbocycles. The summed E-state index contributed by atoms with van der Waals surface area (Å²) in [4.78, 5) is 23.8. The van der Waals surface area contributed by atoms with E-state index in [-0.39, 0.29) is 6.42 Å². The third-order valence-corrected chi connectivity index (χ3v) is 4.32. The van der Waals surface area contributed by atoms with Crippen LogP contribution in [-0.2, 0) is 22.6 Å². The van der Waals surface area contributed by atoms with Gasteiger partial charge in [0, 0.05) is 12.1 Å². The quantitative estimate of drug-likeness (QED) is 0.657. The summed E-state index contributed by atoms with van der Waals surface area (Å²) in [5.74, 6) is -5.75. The molecule has 2 N–H and O–H groups in total. The summed E-state index contributed by atoms with van der Waals surface area (Å²) in [6.45, 7) is 3.69. The van der Waals surface area contributed by atoms with Crippen LogP contribution in [0.5, 0.6) is 0 Å². The molecule has 0 spiro atoms. The first-order chi connectivity index (χ1) is 13.7. The molecule has 7 nitrogen and oxygen atoms in total. The predicted molar refractivity (Wildman–Crippen MR) is 98.2 cm³/mol. The Morgan fingerprint density at radius 2 is 1.90 bits per heavy atom. The van der Waals surface area contributed by atoms with Gasteiger partial charge in [-0.1, -0.05) is 0 Å². The molecule has 0 saturated heterocycles. The lowest BCUT2D eigenvalue weighted by molar-refractivity contribution is -0.124. The number of aryl methyl sites for hydroxylation is 2. The van der Waals surface area contributed by atoms with Gasteiger partial charge in [0.1, 0.15) is 0 Å². The van der Waals surface area contributed by atoms with E-state index in [1.54, 1.807) is 4.68 Å². The van der Waals surface area contributed by atoms with Gasteiger partial charge in [-0.15, -0.1) is 0 Å². The summed E-state index contributed by atoms with van der Waals surface area (Å²) in [5, 5.41) is 17.5. The van der Waals surface area contributed by atoms with Gasteiger partial charge in [0.15, 0.2) is 17.5 Å². The van der Waals surface area contributed by atoms with Crippen LogP contribution >= 0.6 is 0 Å². The average molecular weight is 407 g/mol. The molecule has 2 rings (SSSR count). The van der Waals surface area contributed by atoms with E-state index in [2.05, 4.69) is 21.8 Å². The highest BCUT2D eigenvalue weighted by atomic mass is 19.2. The molecule has 0 bridgehead atoms. The van der Waals surface area contributed by atoms with Crippen LogP contribution in [0.2, 0.25) is 0 Å². The number of carbonyl (C=O) groups is 2. The number of halogens is 3. The Labute approximate surface area is 165 Å². The van der Waals surface area contributed by atoms with Crippen molar-refractivity contribution in [3.05, 3.63) is 46.5 Å². The molecule has 0 radical (unpaired) electrons. The molecule has 0 saturated carbocycles. The van der Waals surface area contributed by atoms with Crippen molar-refractivity contribution < 1.29 is 22.8 Å². The molecular weight excluding hydrogens is 387 g/mol. The van der Waals surface area contributed by atoms with Crippen molar-refractivity contribution in [2.24, 2.45) is 0 Å².